The van der Waals surface area contributed by atoms with Crippen molar-refractivity contribution in [2.45, 2.75) is 40.5 Å². The van der Waals surface area contributed by atoms with Crippen LogP contribution < -0.4 is 5.32 Å². The number of hydrogen-bond donors (Lipinski definition) is 1. The molecule has 20 heavy (non-hydrogen) atoms. The Balaban J connectivity index is 2.56. The maximum absolute atomic E-state index is 4.72. The van der Waals surface area contributed by atoms with Crippen LogP contribution in [0.2, 0.25) is 0 Å². The van der Waals surface area contributed by atoms with Crippen molar-refractivity contribution >= 4 is 5.82 Å². The molecular weight excluding hydrogens is 246 g/mol. The Morgan fingerprint density at radius 3 is 2.30 bits per heavy atom. The number of nitrogens with zero attached hydrogens (tertiary/aromatic N) is 2. The Kier molecular flexibility index (Phi) is 4.38. The van der Waals surface area contributed by atoms with Gasteiger partial charge in [0.1, 0.15) is 11.6 Å². The first-order chi connectivity index (χ1) is 9.55. The number of aromatic nitrogens is 2. The summed E-state index contributed by atoms with van der Waals surface area (Å²) in [5.41, 5.74) is 6.09. The van der Waals surface area contributed by atoms with Gasteiger partial charge in [-0.1, -0.05) is 13.0 Å². The Bertz CT molecular complexity index is 618. The first-order valence-corrected chi connectivity index (χ1v) is 7.19. The summed E-state index contributed by atoms with van der Waals surface area (Å²) in [6.45, 7) is 8.58. The summed E-state index contributed by atoms with van der Waals surface area (Å²) in [6.07, 6.45) is 1.96. The van der Waals surface area contributed by atoms with Crippen LogP contribution in [-0.2, 0) is 6.42 Å². The molecule has 0 radical (unpaired) electrons. The van der Waals surface area contributed by atoms with E-state index in [-0.39, 0.29) is 0 Å². The van der Waals surface area contributed by atoms with E-state index in [1.54, 1.807) is 0 Å². The Hall–Kier alpha value is -1.90. The van der Waals surface area contributed by atoms with Gasteiger partial charge in [0.05, 0.1) is 5.69 Å². The van der Waals surface area contributed by atoms with Crippen molar-refractivity contribution in [1.82, 2.24) is 9.97 Å². The number of anilines is 1. The number of nitrogens with one attached hydrogen (secondary N) is 1. The van der Waals surface area contributed by atoms with Crippen LogP contribution in [0.3, 0.4) is 0 Å². The molecule has 0 aliphatic carbocycles. The van der Waals surface area contributed by atoms with E-state index in [1.807, 2.05) is 13.1 Å². The van der Waals surface area contributed by atoms with Gasteiger partial charge < -0.3 is 5.32 Å². The van der Waals surface area contributed by atoms with E-state index >= 15 is 0 Å². The Labute approximate surface area is 121 Å². The lowest BCUT2D eigenvalue weighted by Gasteiger charge is -2.12. The summed E-state index contributed by atoms with van der Waals surface area (Å²) in [5, 5.41) is 3.13. The van der Waals surface area contributed by atoms with Crippen molar-refractivity contribution in [1.29, 1.82) is 0 Å². The van der Waals surface area contributed by atoms with Gasteiger partial charge in [0.2, 0.25) is 0 Å². The molecular formula is C17H23N3. The van der Waals surface area contributed by atoms with E-state index in [2.05, 4.69) is 50.1 Å². The molecule has 1 heterocycles. The number of rotatable bonds is 4. The molecule has 0 saturated heterocycles. The normalized spacial score (nSPS) is 10.7. The fourth-order valence-corrected chi connectivity index (χ4v) is 2.34. The smallest absolute Gasteiger partial charge is 0.131 e. The van der Waals surface area contributed by atoms with E-state index in [0.29, 0.717) is 0 Å². The van der Waals surface area contributed by atoms with Crippen LogP contribution in [0, 0.1) is 20.8 Å². The van der Waals surface area contributed by atoms with Gasteiger partial charge in [0.15, 0.2) is 0 Å². The number of aryl methyl sites for hydroxylation is 4. The first kappa shape index (κ1) is 14.5. The van der Waals surface area contributed by atoms with E-state index in [0.717, 1.165) is 30.2 Å². The van der Waals surface area contributed by atoms with Crippen LogP contribution >= 0.6 is 0 Å². The largest absolute Gasteiger partial charge is 0.373 e. The van der Waals surface area contributed by atoms with Crippen molar-refractivity contribution in [3.8, 4) is 11.3 Å². The van der Waals surface area contributed by atoms with Gasteiger partial charge in [0.25, 0.3) is 0 Å². The van der Waals surface area contributed by atoms with Crippen LogP contribution in [0.5, 0.6) is 0 Å². The molecule has 0 saturated carbocycles. The third kappa shape index (κ3) is 2.98. The highest BCUT2D eigenvalue weighted by Gasteiger charge is 2.09. The van der Waals surface area contributed by atoms with E-state index < -0.39 is 0 Å². The van der Waals surface area contributed by atoms with E-state index in [4.69, 9.17) is 4.98 Å². The average molecular weight is 269 g/mol. The number of benzene rings is 1. The SMILES string of the molecule is CCCc1nc(NC)cc(-c2cc(C)c(C)cc2C)n1. The Morgan fingerprint density at radius 1 is 0.950 bits per heavy atom. The quantitative estimate of drug-likeness (QED) is 0.909. The first-order valence-electron chi connectivity index (χ1n) is 7.19. The van der Waals surface area contributed by atoms with Crippen LogP contribution in [0.15, 0.2) is 18.2 Å². The molecule has 106 valence electrons. The lowest BCUT2D eigenvalue weighted by atomic mass is 9.98. The van der Waals surface area contributed by atoms with Crippen LogP contribution in [0.1, 0.15) is 35.9 Å². The summed E-state index contributed by atoms with van der Waals surface area (Å²) < 4.78 is 0. The van der Waals surface area contributed by atoms with Crippen molar-refractivity contribution in [2.75, 3.05) is 12.4 Å². The van der Waals surface area contributed by atoms with Gasteiger partial charge >= 0.3 is 0 Å². The summed E-state index contributed by atoms with van der Waals surface area (Å²) in [4.78, 5) is 9.24. The van der Waals surface area contributed by atoms with Gasteiger partial charge in [-0.2, -0.15) is 0 Å². The maximum atomic E-state index is 4.72. The highest BCUT2D eigenvalue weighted by molar-refractivity contribution is 5.67. The van der Waals surface area contributed by atoms with Crippen LogP contribution in [-0.4, -0.2) is 17.0 Å². The summed E-state index contributed by atoms with van der Waals surface area (Å²) in [7, 11) is 1.90. The molecule has 2 rings (SSSR count). The van der Waals surface area contributed by atoms with Crippen molar-refractivity contribution in [3.05, 3.63) is 40.7 Å². The lowest BCUT2D eigenvalue weighted by molar-refractivity contribution is 0.838. The van der Waals surface area contributed by atoms with Crippen molar-refractivity contribution in [2.24, 2.45) is 0 Å². The molecule has 0 amide bonds. The lowest BCUT2D eigenvalue weighted by Crippen LogP contribution is -2.02. The second-order valence-electron chi connectivity index (χ2n) is 5.31. The van der Waals surface area contributed by atoms with Gasteiger partial charge in [0, 0.05) is 25.1 Å². The zero-order valence-electron chi connectivity index (χ0n) is 13.0. The second-order valence-corrected chi connectivity index (χ2v) is 5.31. The molecule has 0 atom stereocenters. The van der Waals surface area contributed by atoms with Gasteiger partial charge in [-0.05, 0) is 49.9 Å². The molecule has 1 N–H and O–H groups in total. The minimum atomic E-state index is 0.885. The van der Waals surface area contributed by atoms with Crippen molar-refractivity contribution in [3.63, 3.8) is 0 Å². The minimum absolute atomic E-state index is 0.885. The molecule has 0 fully saturated rings. The van der Waals surface area contributed by atoms with Gasteiger partial charge in [-0.25, -0.2) is 9.97 Å². The van der Waals surface area contributed by atoms with E-state index in [9.17, 15) is 0 Å². The Morgan fingerprint density at radius 2 is 1.65 bits per heavy atom. The second kappa shape index (κ2) is 6.04. The maximum Gasteiger partial charge on any atom is 0.131 e. The standard InChI is InChI=1S/C17H23N3/c1-6-7-16-19-15(10-17(18-5)20-16)14-9-12(3)11(2)8-13(14)4/h8-10H,6-7H2,1-5H3,(H,18,19,20). The van der Waals surface area contributed by atoms with E-state index in [1.165, 1.54) is 22.3 Å². The third-order valence-corrected chi connectivity index (χ3v) is 3.62. The fourth-order valence-electron chi connectivity index (χ4n) is 2.34. The molecule has 0 aliphatic heterocycles. The van der Waals surface area contributed by atoms with Crippen LogP contribution in [0.4, 0.5) is 5.82 Å². The molecule has 0 spiro atoms. The monoisotopic (exact) mass is 269 g/mol. The molecule has 1 aromatic carbocycles. The summed E-state index contributed by atoms with van der Waals surface area (Å²) >= 11 is 0. The molecule has 3 nitrogen and oxygen atoms in total. The zero-order valence-corrected chi connectivity index (χ0v) is 13.0. The molecule has 0 aliphatic rings. The molecule has 0 bridgehead atoms. The molecule has 2 aromatic rings. The summed E-state index contributed by atoms with van der Waals surface area (Å²) in [6, 6.07) is 6.48. The molecule has 0 unspecified atom stereocenters. The van der Waals surface area contributed by atoms with Gasteiger partial charge in [-0.3, -0.25) is 0 Å². The summed E-state index contributed by atoms with van der Waals surface area (Å²) in [5.74, 6) is 1.79. The highest BCUT2D eigenvalue weighted by Crippen LogP contribution is 2.26. The molecule has 3 heteroatoms. The average Bonchev–Trinajstić information content (AvgIpc) is 2.42. The number of hydrogen-bond acceptors (Lipinski definition) is 3. The zero-order chi connectivity index (χ0) is 14.7. The highest BCUT2D eigenvalue weighted by atomic mass is 15.0. The molecule has 1 aromatic heterocycles. The predicted molar refractivity (Wildman–Crippen MR) is 85.2 cm³/mol. The topological polar surface area (TPSA) is 37.8 Å². The van der Waals surface area contributed by atoms with Gasteiger partial charge in [-0.15, -0.1) is 0 Å². The third-order valence-electron chi connectivity index (χ3n) is 3.62. The van der Waals surface area contributed by atoms with Crippen molar-refractivity contribution < 1.29 is 0 Å². The fraction of sp³-hybridized carbons (Fsp3) is 0.412. The minimum Gasteiger partial charge on any atom is -0.373 e. The van der Waals surface area contributed by atoms with Crippen LogP contribution in [0.25, 0.3) is 11.3 Å². The predicted octanol–water partition coefficient (Wildman–Crippen LogP) is 4.06.